The maximum absolute atomic E-state index is 11.7. The van der Waals surface area contributed by atoms with Crippen molar-refractivity contribution in [3.05, 3.63) is 29.3 Å². The Morgan fingerprint density at radius 2 is 2.05 bits per heavy atom. The zero-order valence-electron chi connectivity index (χ0n) is 11.6. The van der Waals surface area contributed by atoms with Crippen LogP contribution in [0, 0.1) is 6.92 Å². The molecule has 20 heavy (non-hydrogen) atoms. The number of carboxylic acids is 1. The average molecular weight is 280 g/mol. The van der Waals surface area contributed by atoms with Crippen LogP contribution in [-0.4, -0.2) is 34.9 Å². The summed E-state index contributed by atoms with van der Waals surface area (Å²) in [5, 5.41) is 22.9. The van der Waals surface area contributed by atoms with Gasteiger partial charge in [0.15, 0.2) is 6.10 Å². The van der Waals surface area contributed by atoms with Crippen LogP contribution in [-0.2, 0) is 11.2 Å². The van der Waals surface area contributed by atoms with Gasteiger partial charge in [-0.25, -0.2) is 9.59 Å². The summed E-state index contributed by atoms with van der Waals surface area (Å²) in [4.78, 5) is 22.1. The number of carboxylic acid groups (broad SMARTS) is 1. The van der Waals surface area contributed by atoms with E-state index < -0.39 is 18.1 Å². The first kappa shape index (κ1) is 16.0. The van der Waals surface area contributed by atoms with Crippen molar-refractivity contribution in [2.24, 2.45) is 0 Å². The Kier molecular flexibility index (Phi) is 5.99. The van der Waals surface area contributed by atoms with Crippen LogP contribution in [0.15, 0.2) is 18.2 Å². The molecule has 0 aliphatic rings. The van der Waals surface area contributed by atoms with Gasteiger partial charge in [-0.2, -0.15) is 0 Å². The first-order valence-corrected chi connectivity index (χ1v) is 6.50. The Bertz CT molecular complexity index is 488. The average Bonchev–Trinajstić information content (AvgIpc) is 2.40. The van der Waals surface area contributed by atoms with Crippen LogP contribution in [0.1, 0.15) is 24.5 Å². The third kappa shape index (κ3) is 4.55. The molecule has 0 radical (unpaired) electrons. The number of hydrogen-bond acceptors (Lipinski definition) is 3. The molecule has 0 heterocycles. The third-order valence-corrected chi connectivity index (χ3v) is 2.97. The van der Waals surface area contributed by atoms with Crippen LogP contribution in [0.5, 0.6) is 0 Å². The molecule has 2 amide bonds. The lowest BCUT2D eigenvalue weighted by Crippen LogP contribution is -2.33. The number of carbonyl (C=O) groups is 2. The van der Waals surface area contributed by atoms with Gasteiger partial charge in [-0.05, 0) is 24.5 Å². The predicted octanol–water partition coefficient (Wildman–Crippen LogP) is 1.51. The van der Waals surface area contributed by atoms with Gasteiger partial charge in [-0.1, -0.05) is 25.1 Å². The van der Waals surface area contributed by atoms with Gasteiger partial charge >= 0.3 is 12.0 Å². The van der Waals surface area contributed by atoms with E-state index in [4.69, 9.17) is 10.2 Å². The number of hydrogen-bond donors (Lipinski definition) is 4. The van der Waals surface area contributed by atoms with E-state index in [9.17, 15) is 9.59 Å². The van der Waals surface area contributed by atoms with E-state index in [1.807, 2.05) is 32.0 Å². The molecule has 0 aromatic heterocycles. The first-order chi connectivity index (χ1) is 9.45. The van der Waals surface area contributed by atoms with Crippen molar-refractivity contribution in [3.8, 4) is 0 Å². The Labute approximate surface area is 117 Å². The van der Waals surface area contributed by atoms with E-state index in [0.29, 0.717) is 0 Å². The largest absolute Gasteiger partial charge is 0.479 e. The lowest BCUT2D eigenvalue weighted by molar-refractivity contribution is -0.146. The minimum Gasteiger partial charge on any atom is -0.479 e. The molecule has 1 aromatic rings. The summed E-state index contributed by atoms with van der Waals surface area (Å²) in [7, 11) is 0. The Hall–Kier alpha value is -2.08. The molecule has 0 saturated carbocycles. The molecule has 0 saturated heterocycles. The molecule has 1 unspecified atom stereocenters. The maximum Gasteiger partial charge on any atom is 0.332 e. The Balaban J connectivity index is 2.53. The summed E-state index contributed by atoms with van der Waals surface area (Å²) >= 11 is 0. The number of benzene rings is 1. The number of carbonyl (C=O) groups excluding carboxylic acids is 1. The van der Waals surface area contributed by atoms with E-state index >= 15 is 0 Å². The van der Waals surface area contributed by atoms with Crippen molar-refractivity contribution in [1.82, 2.24) is 5.32 Å². The zero-order chi connectivity index (χ0) is 15.1. The van der Waals surface area contributed by atoms with Crippen molar-refractivity contribution in [3.63, 3.8) is 0 Å². The van der Waals surface area contributed by atoms with Gasteiger partial charge in [-0.3, -0.25) is 0 Å². The number of aliphatic hydroxyl groups excluding tert-OH is 1. The molecule has 6 heteroatoms. The molecule has 110 valence electrons. The van der Waals surface area contributed by atoms with E-state index in [2.05, 4.69) is 10.6 Å². The minimum atomic E-state index is -1.46. The summed E-state index contributed by atoms with van der Waals surface area (Å²) in [5.41, 5.74) is 2.77. The second-order valence-electron chi connectivity index (χ2n) is 4.49. The third-order valence-electron chi connectivity index (χ3n) is 2.97. The zero-order valence-corrected chi connectivity index (χ0v) is 11.6. The predicted molar refractivity (Wildman–Crippen MR) is 75.8 cm³/mol. The second-order valence-corrected chi connectivity index (χ2v) is 4.49. The number of urea groups is 1. The molecule has 4 N–H and O–H groups in total. The second kappa shape index (κ2) is 7.49. The molecular weight excluding hydrogens is 260 g/mol. The summed E-state index contributed by atoms with van der Waals surface area (Å²) in [5.74, 6) is -1.29. The molecule has 1 rings (SSSR count). The number of para-hydroxylation sites is 1. The Morgan fingerprint density at radius 1 is 1.35 bits per heavy atom. The standard InChI is InChI=1S/C14H20N2O4/c1-3-10-6-4-5-9(2)12(10)16-14(20)15-8-7-11(17)13(18)19/h4-6,11,17H,3,7-8H2,1-2H3,(H,18,19)(H2,15,16,20). The van der Waals surface area contributed by atoms with Gasteiger partial charge in [0.05, 0.1) is 0 Å². The van der Waals surface area contributed by atoms with E-state index in [0.717, 1.165) is 23.2 Å². The quantitative estimate of drug-likeness (QED) is 0.635. The smallest absolute Gasteiger partial charge is 0.332 e. The summed E-state index contributed by atoms with van der Waals surface area (Å²) in [6.07, 6.45) is -0.688. The highest BCUT2D eigenvalue weighted by Crippen LogP contribution is 2.20. The minimum absolute atomic E-state index is 0.0306. The normalized spacial score (nSPS) is 11.8. The summed E-state index contributed by atoms with van der Waals surface area (Å²) < 4.78 is 0. The van der Waals surface area contributed by atoms with Crippen molar-refractivity contribution in [2.45, 2.75) is 32.8 Å². The first-order valence-electron chi connectivity index (χ1n) is 6.50. The van der Waals surface area contributed by atoms with Crippen LogP contribution in [0.25, 0.3) is 0 Å². The number of amides is 2. The fourth-order valence-electron chi connectivity index (χ4n) is 1.81. The topological polar surface area (TPSA) is 98.7 Å². The Morgan fingerprint density at radius 3 is 2.65 bits per heavy atom. The van der Waals surface area contributed by atoms with Crippen LogP contribution >= 0.6 is 0 Å². The van der Waals surface area contributed by atoms with Gasteiger partial charge in [0.2, 0.25) is 0 Å². The molecule has 0 aliphatic heterocycles. The molecule has 0 aliphatic carbocycles. The van der Waals surface area contributed by atoms with Crippen LogP contribution in [0.4, 0.5) is 10.5 Å². The summed E-state index contributed by atoms with van der Waals surface area (Å²) in [6.45, 7) is 4.00. The number of rotatable bonds is 6. The fourth-order valence-corrected chi connectivity index (χ4v) is 1.81. The van der Waals surface area contributed by atoms with Gasteiger partial charge in [0.25, 0.3) is 0 Å². The lowest BCUT2D eigenvalue weighted by atomic mass is 10.1. The van der Waals surface area contributed by atoms with Crippen LogP contribution in [0.2, 0.25) is 0 Å². The fraction of sp³-hybridized carbons (Fsp3) is 0.429. The number of aliphatic carboxylic acids is 1. The monoisotopic (exact) mass is 280 g/mol. The van der Waals surface area contributed by atoms with Crippen molar-refractivity contribution in [2.75, 3.05) is 11.9 Å². The number of aliphatic hydroxyl groups is 1. The van der Waals surface area contributed by atoms with Crippen molar-refractivity contribution >= 4 is 17.7 Å². The molecule has 0 spiro atoms. The maximum atomic E-state index is 11.7. The van der Waals surface area contributed by atoms with Crippen molar-refractivity contribution in [1.29, 1.82) is 0 Å². The molecule has 1 aromatic carbocycles. The van der Waals surface area contributed by atoms with Gasteiger partial charge in [-0.15, -0.1) is 0 Å². The van der Waals surface area contributed by atoms with E-state index in [-0.39, 0.29) is 13.0 Å². The molecule has 0 fully saturated rings. The molecule has 0 bridgehead atoms. The van der Waals surface area contributed by atoms with Gasteiger partial charge in [0.1, 0.15) is 0 Å². The lowest BCUT2D eigenvalue weighted by Gasteiger charge is -2.14. The van der Waals surface area contributed by atoms with Crippen LogP contribution in [0.3, 0.4) is 0 Å². The van der Waals surface area contributed by atoms with E-state index in [1.165, 1.54) is 0 Å². The number of aryl methyl sites for hydroxylation is 2. The highest BCUT2D eigenvalue weighted by atomic mass is 16.4. The summed E-state index contributed by atoms with van der Waals surface area (Å²) in [6, 6.07) is 5.37. The van der Waals surface area contributed by atoms with Crippen LogP contribution < -0.4 is 10.6 Å². The number of nitrogens with one attached hydrogen (secondary N) is 2. The molecule has 1 atom stereocenters. The number of anilines is 1. The highest BCUT2D eigenvalue weighted by molar-refractivity contribution is 5.91. The van der Waals surface area contributed by atoms with Gasteiger partial charge < -0.3 is 20.8 Å². The molecule has 6 nitrogen and oxygen atoms in total. The SMILES string of the molecule is CCc1cccc(C)c1NC(=O)NCCC(O)C(=O)O. The molecular formula is C14H20N2O4. The highest BCUT2D eigenvalue weighted by Gasteiger charge is 2.13. The van der Waals surface area contributed by atoms with E-state index in [1.54, 1.807) is 0 Å². The van der Waals surface area contributed by atoms with Crippen molar-refractivity contribution < 1.29 is 19.8 Å². The van der Waals surface area contributed by atoms with Gasteiger partial charge in [0, 0.05) is 18.7 Å².